The Kier molecular flexibility index (Phi) is 4.51. The van der Waals surface area contributed by atoms with Gasteiger partial charge in [0.15, 0.2) is 0 Å². The van der Waals surface area contributed by atoms with Crippen LogP contribution >= 0.6 is 15.9 Å². The van der Waals surface area contributed by atoms with E-state index in [-0.39, 0.29) is 0 Å². The number of rotatable bonds is 4. The van der Waals surface area contributed by atoms with E-state index in [1.54, 1.807) is 0 Å². The van der Waals surface area contributed by atoms with E-state index in [9.17, 15) is 0 Å². The Balaban J connectivity index is 2.35. The lowest BCUT2D eigenvalue weighted by molar-refractivity contribution is 0.534. The van der Waals surface area contributed by atoms with Gasteiger partial charge in [-0.2, -0.15) is 0 Å². The third kappa shape index (κ3) is 3.95. The molecule has 0 amide bonds. The molecule has 0 spiro atoms. The van der Waals surface area contributed by atoms with Gasteiger partial charge in [-0.05, 0) is 24.3 Å². The fourth-order valence-corrected chi connectivity index (χ4v) is 1.53. The van der Waals surface area contributed by atoms with Crippen molar-refractivity contribution in [2.45, 2.75) is 31.5 Å². The van der Waals surface area contributed by atoms with Gasteiger partial charge in [0.25, 0.3) is 0 Å². The average molecular weight is 241 g/mol. The lowest BCUT2D eigenvalue weighted by atomic mass is 9.99. The number of benzene rings is 1. The molecule has 0 nitrogen and oxygen atoms in total. The molecule has 0 fully saturated rings. The maximum Gasteiger partial charge on any atom is 0.0143 e. The molecule has 1 aromatic rings. The highest BCUT2D eigenvalue weighted by Crippen LogP contribution is 2.17. The predicted molar refractivity (Wildman–Crippen MR) is 62.3 cm³/mol. The van der Waals surface area contributed by atoms with Gasteiger partial charge in [0.2, 0.25) is 0 Å². The fraction of sp³-hybridized carbons (Fsp3) is 0.500. The molecule has 72 valence electrons. The quantitative estimate of drug-likeness (QED) is 0.698. The summed E-state index contributed by atoms with van der Waals surface area (Å²) in [6.45, 7) is 4.51. The zero-order chi connectivity index (χ0) is 9.68. The SMILES string of the molecule is CC(Br)C(C)CCc1ccccc1. The normalized spacial score (nSPS) is 15.3. The molecule has 0 saturated heterocycles. The van der Waals surface area contributed by atoms with Gasteiger partial charge in [-0.15, -0.1) is 0 Å². The van der Waals surface area contributed by atoms with E-state index in [2.05, 4.69) is 60.1 Å². The lowest BCUT2D eigenvalue weighted by Crippen LogP contribution is -2.07. The Hall–Kier alpha value is -0.300. The molecular formula is C12H17Br. The Morgan fingerprint density at radius 2 is 1.77 bits per heavy atom. The zero-order valence-electron chi connectivity index (χ0n) is 8.33. The summed E-state index contributed by atoms with van der Waals surface area (Å²) in [6.07, 6.45) is 2.45. The molecule has 1 aromatic carbocycles. The number of halogens is 1. The Morgan fingerprint density at radius 1 is 1.15 bits per heavy atom. The topological polar surface area (TPSA) is 0 Å². The summed E-state index contributed by atoms with van der Waals surface area (Å²) < 4.78 is 0. The van der Waals surface area contributed by atoms with E-state index in [0.29, 0.717) is 4.83 Å². The standard InChI is InChI=1S/C12H17Br/c1-10(11(2)13)8-9-12-6-4-3-5-7-12/h3-7,10-11H,8-9H2,1-2H3. The number of hydrogen-bond acceptors (Lipinski definition) is 0. The van der Waals surface area contributed by atoms with Gasteiger partial charge in [-0.1, -0.05) is 60.1 Å². The molecule has 2 atom stereocenters. The molecule has 0 aliphatic rings. The molecule has 0 aliphatic heterocycles. The van der Waals surface area contributed by atoms with Gasteiger partial charge in [0.1, 0.15) is 0 Å². The highest BCUT2D eigenvalue weighted by molar-refractivity contribution is 9.09. The van der Waals surface area contributed by atoms with Crippen LogP contribution in [-0.2, 0) is 6.42 Å². The smallest absolute Gasteiger partial charge is 0.0143 e. The summed E-state index contributed by atoms with van der Waals surface area (Å²) in [4.78, 5) is 0.621. The molecule has 0 aromatic heterocycles. The lowest BCUT2D eigenvalue weighted by Gasteiger charge is -2.13. The maximum atomic E-state index is 3.61. The van der Waals surface area contributed by atoms with Crippen molar-refractivity contribution in [3.05, 3.63) is 35.9 Å². The highest BCUT2D eigenvalue weighted by Gasteiger charge is 2.07. The van der Waals surface area contributed by atoms with Gasteiger partial charge >= 0.3 is 0 Å². The molecule has 0 N–H and O–H groups in total. The second-order valence-electron chi connectivity index (χ2n) is 3.68. The second kappa shape index (κ2) is 5.43. The van der Waals surface area contributed by atoms with Gasteiger partial charge in [0.05, 0.1) is 0 Å². The average Bonchev–Trinajstić information content (AvgIpc) is 2.15. The van der Waals surface area contributed by atoms with Crippen LogP contribution in [0, 0.1) is 5.92 Å². The van der Waals surface area contributed by atoms with Gasteiger partial charge in [0, 0.05) is 4.83 Å². The largest absolute Gasteiger partial charge is 0.0891 e. The third-order valence-electron chi connectivity index (χ3n) is 2.52. The molecular weight excluding hydrogens is 224 g/mol. The number of hydrogen-bond donors (Lipinski definition) is 0. The summed E-state index contributed by atoms with van der Waals surface area (Å²) in [5.41, 5.74) is 1.45. The van der Waals surface area contributed by atoms with E-state index in [4.69, 9.17) is 0 Å². The first-order chi connectivity index (χ1) is 6.20. The fourth-order valence-electron chi connectivity index (χ4n) is 1.27. The number of aryl methyl sites for hydroxylation is 1. The number of alkyl halides is 1. The molecule has 0 heterocycles. The van der Waals surface area contributed by atoms with E-state index in [1.165, 1.54) is 18.4 Å². The molecule has 0 saturated carbocycles. The molecule has 13 heavy (non-hydrogen) atoms. The molecule has 0 bridgehead atoms. The van der Waals surface area contributed by atoms with Crippen molar-refractivity contribution in [2.24, 2.45) is 5.92 Å². The molecule has 1 rings (SSSR count). The van der Waals surface area contributed by atoms with Crippen LogP contribution in [0.2, 0.25) is 0 Å². The maximum absolute atomic E-state index is 3.61. The molecule has 2 unspecified atom stereocenters. The Morgan fingerprint density at radius 3 is 2.31 bits per heavy atom. The minimum Gasteiger partial charge on any atom is -0.0891 e. The second-order valence-corrected chi connectivity index (χ2v) is 5.12. The van der Waals surface area contributed by atoms with Crippen LogP contribution in [0.5, 0.6) is 0 Å². The van der Waals surface area contributed by atoms with E-state index in [1.807, 2.05) is 0 Å². The Labute approximate surface area is 89.5 Å². The summed E-state index contributed by atoms with van der Waals surface area (Å²) >= 11 is 3.61. The predicted octanol–water partition coefficient (Wildman–Crippen LogP) is 4.04. The van der Waals surface area contributed by atoms with Crippen LogP contribution in [0.1, 0.15) is 25.8 Å². The third-order valence-corrected chi connectivity index (χ3v) is 3.42. The monoisotopic (exact) mass is 240 g/mol. The van der Waals surface area contributed by atoms with Crippen molar-refractivity contribution >= 4 is 15.9 Å². The summed E-state index contributed by atoms with van der Waals surface area (Å²) in [5.74, 6) is 0.750. The summed E-state index contributed by atoms with van der Waals surface area (Å²) in [6, 6.07) is 10.7. The molecule has 0 radical (unpaired) electrons. The van der Waals surface area contributed by atoms with E-state index >= 15 is 0 Å². The van der Waals surface area contributed by atoms with Gasteiger partial charge < -0.3 is 0 Å². The van der Waals surface area contributed by atoms with Crippen LogP contribution in [0.3, 0.4) is 0 Å². The van der Waals surface area contributed by atoms with Crippen molar-refractivity contribution in [1.82, 2.24) is 0 Å². The Bertz CT molecular complexity index is 228. The minimum atomic E-state index is 0.621. The highest BCUT2D eigenvalue weighted by atomic mass is 79.9. The first-order valence-electron chi connectivity index (χ1n) is 4.88. The van der Waals surface area contributed by atoms with Crippen molar-refractivity contribution in [1.29, 1.82) is 0 Å². The van der Waals surface area contributed by atoms with Crippen LogP contribution in [0.25, 0.3) is 0 Å². The van der Waals surface area contributed by atoms with Crippen molar-refractivity contribution in [2.75, 3.05) is 0 Å². The minimum absolute atomic E-state index is 0.621. The summed E-state index contributed by atoms with van der Waals surface area (Å²) in [5, 5.41) is 0. The van der Waals surface area contributed by atoms with Gasteiger partial charge in [-0.3, -0.25) is 0 Å². The van der Waals surface area contributed by atoms with Crippen LogP contribution in [0.4, 0.5) is 0 Å². The van der Waals surface area contributed by atoms with E-state index in [0.717, 1.165) is 5.92 Å². The zero-order valence-corrected chi connectivity index (χ0v) is 9.92. The van der Waals surface area contributed by atoms with Crippen molar-refractivity contribution in [3.63, 3.8) is 0 Å². The van der Waals surface area contributed by atoms with Crippen LogP contribution in [0.15, 0.2) is 30.3 Å². The van der Waals surface area contributed by atoms with Gasteiger partial charge in [-0.25, -0.2) is 0 Å². The van der Waals surface area contributed by atoms with Crippen LogP contribution in [-0.4, -0.2) is 4.83 Å². The molecule has 1 heteroatoms. The van der Waals surface area contributed by atoms with Crippen molar-refractivity contribution < 1.29 is 0 Å². The first-order valence-corrected chi connectivity index (χ1v) is 5.79. The molecule has 0 aliphatic carbocycles. The summed E-state index contributed by atoms with van der Waals surface area (Å²) in [7, 11) is 0. The van der Waals surface area contributed by atoms with Crippen molar-refractivity contribution in [3.8, 4) is 0 Å². The van der Waals surface area contributed by atoms with Crippen LogP contribution < -0.4 is 0 Å². The van der Waals surface area contributed by atoms with E-state index < -0.39 is 0 Å². The first kappa shape index (κ1) is 10.8.